The van der Waals surface area contributed by atoms with E-state index in [0.717, 1.165) is 35.6 Å². The van der Waals surface area contributed by atoms with Crippen LogP contribution in [0.5, 0.6) is 0 Å². The molecule has 1 fully saturated rings. The van der Waals surface area contributed by atoms with E-state index in [9.17, 15) is 9.90 Å². The molecule has 7 nitrogen and oxygen atoms in total. The zero-order valence-electron chi connectivity index (χ0n) is 19.0. The highest BCUT2D eigenvalue weighted by atomic mass is 35.5. The lowest BCUT2D eigenvalue weighted by Crippen LogP contribution is -2.46. The third kappa shape index (κ3) is 5.11. The fourth-order valence-corrected chi connectivity index (χ4v) is 4.68. The van der Waals surface area contributed by atoms with Gasteiger partial charge in [-0.15, -0.1) is 0 Å². The summed E-state index contributed by atoms with van der Waals surface area (Å²) in [5, 5.41) is 17.8. The Hall–Kier alpha value is -2.09. The van der Waals surface area contributed by atoms with Crippen LogP contribution in [-0.4, -0.2) is 57.3 Å². The number of likely N-dealkylation sites (tertiary alicyclic amines) is 1. The van der Waals surface area contributed by atoms with Gasteiger partial charge in [0.05, 0.1) is 34.2 Å². The molecule has 1 saturated heterocycles. The number of rotatable bonds is 8. The molecule has 0 aliphatic carbocycles. The Balaban J connectivity index is 1.99. The molecule has 2 aromatic rings. The predicted octanol–water partition coefficient (Wildman–Crippen LogP) is 5.11. The Labute approximate surface area is 199 Å². The average molecular weight is 480 g/mol. The van der Waals surface area contributed by atoms with Crippen molar-refractivity contribution < 1.29 is 9.90 Å². The van der Waals surface area contributed by atoms with E-state index in [0.29, 0.717) is 35.2 Å². The Kier molecular flexibility index (Phi) is 8.20. The number of halogens is 2. The van der Waals surface area contributed by atoms with Crippen molar-refractivity contribution in [2.24, 2.45) is 0 Å². The third-order valence-electron chi connectivity index (χ3n) is 5.94. The fraction of sp³-hybridized carbons (Fsp3) is 0.522. The number of hydrogen-bond donors (Lipinski definition) is 3. The van der Waals surface area contributed by atoms with Gasteiger partial charge in [-0.05, 0) is 50.9 Å². The topological polar surface area (TPSA) is 90.4 Å². The van der Waals surface area contributed by atoms with Crippen LogP contribution < -0.4 is 10.6 Å². The first-order valence-electron chi connectivity index (χ1n) is 11.1. The van der Waals surface area contributed by atoms with Gasteiger partial charge in [-0.2, -0.15) is 0 Å². The number of carboxylic acid groups (broad SMARTS) is 1. The number of aromatic nitrogens is 2. The second-order valence-corrected chi connectivity index (χ2v) is 8.90. The maximum Gasteiger partial charge on any atom is 0.407 e. The number of benzene rings is 1. The Morgan fingerprint density at radius 3 is 2.50 bits per heavy atom. The summed E-state index contributed by atoms with van der Waals surface area (Å²) in [6.07, 6.45) is 1.42. The van der Waals surface area contributed by atoms with Crippen molar-refractivity contribution >= 4 is 35.1 Å². The number of nitrogens with one attached hydrogen (secondary N) is 2. The van der Waals surface area contributed by atoms with Gasteiger partial charge in [0.1, 0.15) is 5.82 Å². The molecule has 0 radical (unpaired) electrons. The molecule has 1 unspecified atom stereocenters. The van der Waals surface area contributed by atoms with Gasteiger partial charge in [0.15, 0.2) is 0 Å². The van der Waals surface area contributed by atoms with Crippen molar-refractivity contribution in [2.75, 3.05) is 18.4 Å². The van der Waals surface area contributed by atoms with Crippen molar-refractivity contribution in [2.45, 2.75) is 65.1 Å². The summed E-state index contributed by atoms with van der Waals surface area (Å²) < 4.78 is 0. The predicted molar refractivity (Wildman–Crippen MR) is 130 cm³/mol. The number of anilines is 1. The third-order valence-corrected chi connectivity index (χ3v) is 6.49. The van der Waals surface area contributed by atoms with Gasteiger partial charge < -0.3 is 20.6 Å². The van der Waals surface area contributed by atoms with Gasteiger partial charge in [0.25, 0.3) is 0 Å². The van der Waals surface area contributed by atoms with Crippen LogP contribution in [0.2, 0.25) is 10.0 Å². The number of nitrogens with zero attached hydrogens (tertiary/aromatic N) is 3. The van der Waals surface area contributed by atoms with Crippen LogP contribution in [0.3, 0.4) is 0 Å². The quantitative estimate of drug-likeness (QED) is 0.487. The summed E-state index contributed by atoms with van der Waals surface area (Å²) in [4.78, 5) is 23.1. The minimum Gasteiger partial charge on any atom is -0.465 e. The maximum absolute atomic E-state index is 11.7. The molecule has 1 aliphatic rings. The molecule has 3 atom stereocenters. The highest BCUT2D eigenvalue weighted by molar-refractivity contribution is 6.36. The van der Waals surface area contributed by atoms with E-state index >= 15 is 0 Å². The van der Waals surface area contributed by atoms with Crippen LogP contribution >= 0.6 is 23.2 Å². The van der Waals surface area contributed by atoms with E-state index < -0.39 is 6.09 Å². The Bertz CT molecular complexity index is 972. The monoisotopic (exact) mass is 479 g/mol. The van der Waals surface area contributed by atoms with Crippen molar-refractivity contribution in [1.29, 1.82) is 0 Å². The minimum absolute atomic E-state index is 0.0111. The van der Waals surface area contributed by atoms with E-state index in [-0.39, 0.29) is 18.1 Å². The molecule has 32 heavy (non-hydrogen) atoms. The van der Waals surface area contributed by atoms with Crippen LogP contribution in [0.4, 0.5) is 10.6 Å². The largest absolute Gasteiger partial charge is 0.465 e. The Morgan fingerprint density at radius 1 is 1.19 bits per heavy atom. The molecule has 3 rings (SSSR count). The molecule has 1 amide bonds. The van der Waals surface area contributed by atoms with E-state index in [2.05, 4.69) is 17.6 Å². The summed E-state index contributed by atoms with van der Waals surface area (Å²) in [5.41, 5.74) is 3.20. The smallest absolute Gasteiger partial charge is 0.407 e. The zero-order chi connectivity index (χ0) is 23.4. The van der Waals surface area contributed by atoms with Crippen molar-refractivity contribution in [3.8, 4) is 11.3 Å². The highest BCUT2D eigenvalue weighted by Crippen LogP contribution is 2.33. The number of carbonyl (C=O) groups is 1. The van der Waals surface area contributed by atoms with Gasteiger partial charge >= 0.3 is 6.09 Å². The molecule has 3 N–H and O–H groups in total. The molecular formula is C23H31Cl2N5O2. The number of aryl methyl sites for hydroxylation is 2. The van der Waals surface area contributed by atoms with Crippen LogP contribution in [0.15, 0.2) is 18.2 Å². The van der Waals surface area contributed by atoms with Gasteiger partial charge in [-0.25, -0.2) is 14.8 Å². The summed E-state index contributed by atoms with van der Waals surface area (Å²) >= 11 is 12.5. The molecular weight excluding hydrogens is 449 g/mol. The SMILES string of the molecule is CCCN[C@H]1CN(C(=O)O)C(C)[C@@H]1Nc1nc(CC)c(-c2ccc(Cl)cc2Cl)nc1CC. The summed E-state index contributed by atoms with van der Waals surface area (Å²) in [5.74, 6) is 0.700. The molecule has 1 aliphatic heterocycles. The number of hydrogen-bond acceptors (Lipinski definition) is 5. The lowest BCUT2D eigenvalue weighted by atomic mass is 10.1. The van der Waals surface area contributed by atoms with E-state index in [1.807, 2.05) is 26.8 Å². The molecule has 9 heteroatoms. The lowest BCUT2D eigenvalue weighted by molar-refractivity contribution is 0.142. The van der Waals surface area contributed by atoms with Crippen LogP contribution in [0.25, 0.3) is 11.3 Å². The van der Waals surface area contributed by atoms with Crippen molar-refractivity contribution in [3.05, 3.63) is 39.6 Å². The van der Waals surface area contributed by atoms with E-state index in [1.165, 1.54) is 4.90 Å². The standard InChI is InChI=1S/C23H31Cl2N5O2/c1-5-10-26-19-12-30(23(31)32)13(4)20(19)29-22-18(7-3)27-21(17(6-2)28-22)15-9-8-14(24)11-16(15)25/h8-9,11,13,19-20,26H,5-7,10,12H2,1-4H3,(H,28,29)(H,31,32)/t13?,19-,20-/m0/s1. The van der Waals surface area contributed by atoms with Gasteiger partial charge in [-0.1, -0.05) is 44.0 Å². The normalized spacial score (nSPS) is 20.6. The molecule has 1 aromatic carbocycles. The fourth-order valence-electron chi connectivity index (χ4n) is 4.19. The zero-order valence-corrected chi connectivity index (χ0v) is 20.5. The van der Waals surface area contributed by atoms with E-state index in [1.54, 1.807) is 12.1 Å². The summed E-state index contributed by atoms with van der Waals surface area (Å²) in [6.45, 7) is 9.34. The Morgan fingerprint density at radius 2 is 1.91 bits per heavy atom. The summed E-state index contributed by atoms with van der Waals surface area (Å²) in [7, 11) is 0. The minimum atomic E-state index is -0.908. The molecule has 2 heterocycles. The second kappa shape index (κ2) is 10.7. The lowest BCUT2D eigenvalue weighted by Gasteiger charge is -2.27. The molecule has 1 aromatic heterocycles. The van der Waals surface area contributed by atoms with Crippen LogP contribution in [-0.2, 0) is 12.8 Å². The second-order valence-electron chi connectivity index (χ2n) is 8.05. The first-order valence-corrected chi connectivity index (χ1v) is 11.9. The molecule has 0 spiro atoms. The molecule has 174 valence electrons. The van der Waals surface area contributed by atoms with Crippen LogP contribution in [0, 0.1) is 0 Å². The van der Waals surface area contributed by atoms with Crippen molar-refractivity contribution in [1.82, 2.24) is 20.2 Å². The molecule has 0 saturated carbocycles. The van der Waals surface area contributed by atoms with Crippen LogP contribution in [0.1, 0.15) is 45.5 Å². The maximum atomic E-state index is 11.7. The summed E-state index contributed by atoms with van der Waals surface area (Å²) in [6, 6.07) is 5.04. The molecule has 0 bridgehead atoms. The van der Waals surface area contributed by atoms with E-state index in [4.69, 9.17) is 33.2 Å². The number of amides is 1. The first kappa shape index (κ1) is 24.6. The van der Waals surface area contributed by atoms with Gasteiger partial charge in [0, 0.05) is 23.2 Å². The average Bonchev–Trinajstić information content (AvgIpc) is 3.07. The van der Waals surface area contributed by atoms with Gasteiger partial charge in [0.2, 0.25) is 0 Å². The highest BCUT2D eigenvalue weighted by Gasteiger charge is 2.41. The van der Waals surface area contributed by atoms with Crippen molar-refractivity contribution in [3.63, 3.8) is 0 Å². The van der Waals surface area contributed by atoms with Gasteiger partial charge in [-0.3, -0.25) is 0 Å². The first-order chi connectivity index (χ1) is 15.3.